The van der Waals surface area contributed by atoms with E-state index in [-0.39, 0.29) is 30.0 Å². The Morgan fingerprint density at radius 2 is 1.81 bits per heavy atom. The highest BCUT2D eigenvalue weighted by Crippen LogP contribution is 2.34. The number of halogens is 4. The van der Waals surface area contributed by atoms with Crippen molar-refractivity contribution in [2.24, 2.45) is 0 Å². The molecule has 2 aromatic carbocycles. The van der Waals surface area contributed by atoms with Gasteiger partial charge >= 0.3 is 6.18 Å². The van der Waals surface area contributed by atoms with Gasteiger partial charge in [-0.2, -0.15) is 13.2 Å². The molecule has 1 amide bonds. The Morgan fingerprint density at radius 3 is 2.47 bits per heavy atom. The van der Waals surface area contributed by atoms with Gasteiger partial charge in [0, 0.05) is 50.2 Å². The second-order valence-electron chi connectivity index (χ2n) is 8.46. The summed E-state index contributed by atoms with van der Waals surface area (Å²) < 4.78 is 55.6. The molecule has 5 N–H and O–H groups in total. The Labute approximate surface area is 205 Å². The van der Waals surface area contributed by atoms with Crippen molar-refractivity contribution in [2.45, 2.75) is 12.7 Å². The van der Waals surface area contributed by atoms with Crippen LogP contribution in [-0.2, 0) is 17.5 Å². The third kappa shape index (κ3) is 6.49. The lowest BCUT2D eigenvalue weighted by Gasteiger charge is -2.28. The van der Waals surface area contributed by atoms with Gasteiger partial charge in [-0.15, -0.1) is 0 Å². The molecule has 2 heterocycles. The Kier molecular flexibility index (Phi) is 7.70. The number of nitrogens with zero attached hydrogens (tertiary/aromatic N) is 2. The lowest BCUT2D eigenvalue weighted by atomic mass is 10.0. The number of alkyl halides is 3. The van der Waals surface area contributed by atoms with Crippen LogP contribution in [0.1, 0.15) is 11.1 Å². The molecule has 11 heteroatoms. The average molecular weight is 503 g/mol. The Bertz CT molecular complexity index is 1210. The molecule has 4 rings (SSSR count). The zero-order chi connectivity index (χ0) is 25.7. The number of anilines is 3. The molecule has 190 valence electrons. The number of amides is 1. The maximum Gasteiger partial charge on any atom is 0.416 e. The summed E-state index contributed by atoms with van der Waals surface area (Å²) in [6, 6.07) is 11.5. The number of piperazine rings is 1. The zero-order valence-corrected chi connectivity index (χ0v) is 19.3. The molecular weight excluding hydrogens is 476 g/mol. The number of aromatic nitrogens is 1. The number of carbonyl (C=O) groups is 1. The van der Waals surface area contributed by atoms with E-state index in [2.05, 4.69) is 20.9 Å². The quantitative estimate of drug-likeness (QED) is 0.366. The first-order chi connectivity index (χ1) is 17.2. The van der Waals surface area contributed by atoms with Crippen LogP contribution in [0.5, 0.6) is 0 Å². The number of nitrogen functional groups attached to an aromatic ring is 1. The summed E-state index contributed by atoms with van der Waals surface area (Å²) in [6.07, 6.45) is -3.04. The molecule has 36 heavy (non-hydrogen) atoms. The summed E-state index contributed by atoms with van der Waals surface area (Å²) in [6.45, 7) is 2.62. The molecule has 1 saturated heterocycles. The van der Waals surface area contributed by atoms with Crippen LogP contribution >= 0.6 is 0 Å². The van der Waals surface area contributed by atoms with E-state index >= 15 is 0 Å². The molecule has 1 fully saturated rings. The number of benzene rings is 2. The van der Waals surface area contributed by atoms with Crippen molar-refractivity contribution in [3.63, 3.8) is 0 Å². The maximum atomic E-state index is 14.5. The van der Waals surface area contributed by atoms with Crippen LogP contribution in [0.2, 0.25) is 0 Å². The minimum absolute atomic E-state index is 0.0184. The van der Waals surface area contributed by atoms with Crippen molar-refractivity contribution in [1.82, 2.24) is 15.2 Å². The fraction of sp³-hybridized carbons (Fsp3) is 0.280. The summed E-state index contributed by atoms with van der Waals surface area (Å²) in [5.74, 6) is -0.849. The second kappa shape index (κ2) is 10.9. The lowest BCUT2D eigenvalue weighted by Crippen LogP contribution is -2.43. The van der Waals surface area contributed by atoms with Crippen molar-refractivity contribution >= 4 is 23.1 Å². The van der Waals surface area contributed by atoms with E-state index in [0.717, 1.165) is 19.2 Å². The summed E-state index contributed by atoms with van der Waals surface area (Å²) in [5.41, 5.74) is 6.28. The minimum atomic E-state index is -4.56. The predicted octanol–water partition coefficient (Wildman–Crippen LogP) is 3.94. The molecule has 0 bridgehead atoms. The van der Waals surface area contributed by atoms with Gasteiger partial charge in [-0.25, -0.2) is 9.37 Å². The number of hydrogen-bond acceptors (Lipinski definition) is 6. The molecule has 0 radical (unpaired) electrons. The van der Waals surface area contributed by atoms with Crippen LogP contribution in [0.3, 0.4) is 0 Å². The van der Waals surface area contributed by atoms with Crippen LogP contribution in [-0.4, -0.2) is 48.5 Å². The van der Waals surface area contributed by atoms with Gasteiger partial charge in [0.1, 0.15) is 11.6 Å². The van der Waals surface area contributed by atoms with E-state index in [4.69, 9.17) is 5.73 Å². The van der Waals surface area contributed by atoms with Gasteiger partial charge < -0.3 is 21.7 Å². The average Bonchev–Trinajstić information content (AvgIpc) is 2.85. The topological polar surface area (TPSA) is 95.3 Å². The van der Waals surface area contributed by atoms with Crippen LogP contribution in [0.4, 0.5) is 34.8 Å². The number of nitrogens with one attached hydrogen (secondary N) is 3. The lowest BCUT2D eigenvalue weighted by molar-refractivity contribution is -0.138. The normalized spacial score (nSPS) is 14.4. The molecule has 1 aliphatic rings. The molecule has 7 nitrogen and oxygen atoms in total. The smallest absolute Gasteiger partial charge is 0.384 e. The first-order valence-corrected chi connectivity index (χ1v) is 11.4. The molecule has 0 saturated carbocycles. The van der Waals surface area contributed by atoms with Crippen LogP contribution in [0, 0.1) is 5.82 Å². The largest absolute Gasteiger partial charge is 0.416 e. The number of pyridine rings is 1. The number of nitrogens with two attached hydrogens (primary N) is 1. The highest BCUT2D eigenvalue weighted by molar-refractivity contribution is 5.94. The first kappa shape index (κ1) is 25.4. The van der Waals surface area contributed by atoms with Gasteiger partial charge in [0.2, 0.25) is 5.91 Å². The Morgan fingerprint density at radius 1 is 1.06 bits per heavy atom. The standard InChI is InChI=1S/C25H26F4N6O/c26-21-11-16(17-3-6-23(30)33-13-17)2-5-22(21)32-14-24(36)34-19-4-1-18(20(12-19)25(27,28)29)15-35-9-7-31-8-10-35/h1-6,11-13,31-32H,7-10,14-15H2,(H2,30,33)(H,34,36). The van der Waals surface area contributed by atoms with E-state index in [0.29, 0.717) is 30.0 Å². The summed E-state index contributed by atoms with van der Waals surface area (Å²) >= 11 is 0. The number of carbonyl (C=O) groups excluding carboxylic acids is 1. The van der Waals surface area contributed by atoms with Gasteiger partial charge in [-0.1, -0.05) is 12.1 Å². The summed E-state index contributed by atoms with van der Waals surface area (Å²) in [7, 11) is 0. The summed E-state index contributed by atoms with van der Waals surface area (Å²) in [4.78, 5) is 18.3. The van der Waals surface area contributed by atoms with Crippen molar-refractivity contribution < 1.29 is 22.4 Å². The molecule has 0 atom stereocenters. The van der Waals surface area contributed by atoms with Crippen molar-refractivity contribution in [3.8, 4) is 11.1 Å². The number of hydrogen-bond donors (Lipinski definition) is 4. The van der Waals surface area contributed by atoms with Crippen LogP contribution < -0.4 is 21.7 Å². The van der Waals surface area contributed by atoms with Crippen LogP contribution in [0.25, 0.3) is 11.1 Å². The fourth-order valence-electron chi connectivity index (χ4n) is 3.96. The van der Waals surface area contributed by atoms with Crippen molar-refractivity contribution in [2.75, 3.05) is 49.1 Å². The van der Waals surface area contributed by atoms with E-state index in [1.165, 1.54) is 30.5 Å². The Balaban J connectivity index is 1.39. The second-order valence-corrected chi connectivity index (χ2v) is 8.46. The minimum Gasteiger partial charge on any atom is -0.384 e. The van der Waals surface area contributed by atoms with Crippen molar-refractivity contribution in [3.05, 3.63) is 71.7 Å². The molecule has 1 aromatic heterocycles. The van der Waals surface area contributed by atoms with Crippen LogP contribution in [0.15, 0.2) is 54.7 Å². The Hall–Kier alpha value is -3.70. The third-order valence-electron chi connectivity index (χ3n) is 5.83. The maximum absolute atomic E-state index is 14.5. The molecule has 1 aliphatic heterocycles. The van der Waals surface area contributed by atoms with E-state index in [1.54, 1.807) is 18.2 Å². The fourth-order valence-corrected chi connectivity index (χ4v) is 3.96. The SMILES string of the molecule is Nc1ccc(-c2ccc(NCC(=O)Nc3ccc(CN4CCNCC4)c(C(F)(F)F)c3)c(F)c2)cn1. The molecule has 0 unspecified atom stereocenters. The molecule has 0 aliphatic carbocycles. The molecule has 0 spiro atoms. The molecule has 3 aromatic rings. The third-order valence-corrected chi connectivity index (χ3v) is 5.83. The predicted molar refractivity (Wildman–Crippen MR) is 131 cm³/mol. The monoisotopic (exact) mass is 502 g/mol. The summed E-state index contributed by atoms with van der Waals surface area (Å²) in [5, 5.41) is 8.29. The van der Waals surface area contributed by atoms with Gasteiger partial charge in [-0.05, 0) is 47.5 Å². The highest BCUT2D eigenvalue weighted by Gasteiger charge is 2.34. The first-order valence-electron chi connectivity index (χ1n) is 11.4. The van der Waals surface area contributed by atoms with Gasteiger partial charge in [0.05, 0.1) is 17.8 Å². The molecular formula is C25H26F4N6O. The highest BCUT2D eigenvalue weighted by atomic mass is 19.4. The number of rotatable bonds is 7. The van der Waals surface area contributed by atoms with Gasteiger partial charge in [-0.3, -0.25) is 9.69 Å². The van der Waals surface area contributed by atoms with E-state index in [1.807, 2.05) is 4.90 Å². The zero-order valence-electron chi connectivity index (χ0n) is 19.3. The van der Waals surface area contributed by atoms with Gasteiger partial charge in [0.25, 0.3) is 0 Å². The van der Waals surface area contributed by atoms with E-state index in [9.17, 15) is 22.4 Å². The van der Waals surface area contributed by atoms with Crippen molar-refractivity contribution in [1.29, 1.82) is 0 Å². The van der Waals surface area contributed by atoms with E-state index < -0.39 is 23.5 Å². The van der Waals surface area contributed by atoms with Gasteiger partial charge in [0.15, 0.2) is 0 Å².